The van der Waals surface area contributed by atoms with Crippen LogP contribution in [0.5, 0.6) is 0 Å². The molecule has 2 rings (SSSR count). The molecule has 0 heterocycles. The fourth-order valence-corrected chi connectivity index (χ4v) is 1.95. The zero-order valence-corrected chi connectivity index (χ0v) is 7.37. The number of rotatable bonds is 2. The van der Waals surface area contributed by atoms with E-state index in [0.29, 0.717) is 0 Å². The Morgan fingerprint density at radius 3 is 2.75 bits per heavy atom. The van der Waals surface area contributed by atoms with Gasteiger partial charge in [0.1, 0.15) is 0 Å². The lowest BCUT2D eigenvalue weighted by Gasteiger charge is -2.16. The van der Waals surface area contributed by atoms with Gasteiger partial charge in [-0.25, -0.2) is 0 Å². The Labute approximate surface area is 74.6 Å². The molecule has 64 valence electrons. The van der Waals surface area contributed by atoms with Crippen molar-refractivity contribution in [3.63, 3.8) is 0 Å². The van der Waals surface area contributed by atoms with Gasteiger partial charge in [-0.2, -0.15) is 12.3 Å². The highest BCUT2D eigenvalue weighted by Gasteiger charge is 2.05. The molecule has 1 atom stereocenters. The predicted molar refractivity (Wildman–Crippen MR) is 51.8 cm³/mol. The highest BCUT2D eigenvalue weighted by molar-refractivity contribution is 5.16. The Kier molecular flexibility index (Phi) is 2.45. The molecule has 0 aliphatic heterocycles. The first-order valence-electron chi connectivity index (χ1n) is 4.82. The Morgan fingerprint density at radius 2 is 2.08 bits per heavy atom. The van der Waals surface area contributed by atoms with Crippen LogP contribution in [0.2, 0.25) is 0 Å². The predicted octanol–water partition coefficient (Wildman–Crippen LogP) is 3.23. The molecule has 1 saturated carbocycles. The van der Waals surface area contributed by atoms with E-state index in [1.54, 1.807) is 0 Å². The van der Waals surface area contributed by atoms with Crippen molar-refractivity contribution in [2.24, 2.45) is 5.92 Å². The van der Waals surface area contributed by atoms with E-state index < -0.39 is 0 Å². The van der Waals surface area contributed by atoms with Gasteiger partial charge in [-0.1, -0.05) is 55.2 Å². The van der Waals surface area contributed by atoms with Gasteiger partial charge in [-0.15, -0.1) is 0 Å². The molecule has 1 fully saturated rings. The lowest BCUT2D eigenvalue weighted by molar-refractivity contribution is 0.620. The first-order chi connectivity index (χ1) is 5.95. The molecule has 1 aliphatic carbocycles. The van der Waals surface area contributed by atoms with Crippen LogP contribution >= 0.6 is 0 Å². The minimum atomic E-state index is 0.854. The quantitative estimate of drug-likeness (QED) is 0.581. The minimum Gasteiger partial charge on any atom is -0.325 e. The normalized spacial score (nSPS) is 22.8. The van der Waals surface area contributed by atoms with Crippen LogP contribution in [-0.2, 0) is 6.42 Å². The van der Waals surface area contributed by atoms with Crippen LogP contribution in [0.25, 0.3) is 0 Å². The fraction of sp³-hybridized carbons (Fsp3) is 0.417. The summed E-state index contributed by atoms with van der Waals surface area (Å²) in [6.45, 7) is 0. The van der Waals surface area contributed by atoms with Crippen LogP contribution in [0, 0.1) is 12.3 Å². The van der Waals surface area contributed by atoms with Crippen molar-refractivity contribution in [1.82, 2.24) is 0 Å². The van der Waals surface area contributed by atoms with E-state index in [1.807, 2.05) is 0 Å². The third-order valence-corrected chi connectivity index (χ3v) is 2.62. The minimum absolute atomic E-state index is 0.854. The molecule has 0 saturated heterocycles. The van der Waals surface area contributed by atoms with Gasteiger partial charge in [0.05, 0.1) is 0 Å². The van der Waals surface area contributed by atoms with Crippen LogP contribution in [-0.4, -0.2) is 0 Å². The molecule has 1 aromatic rings. The zero-order chi connectivity index (χ0) is 8.23. The van der Waals surface area contributed by atoms with E-state index in [0.717, 1.165) is 5.92 Å². The molecule has 0 amide bonds. The molecule has 0 N–H and O–H groups in total. The molecule has 0 bridgehead atoms. The van der Waals surface area contributed by atoms with Crippen molar-refractivity contribution < 1.29 is 0 Å². The second-order valence-corrected chi connectivity index (χ2v) is 3.62. The van der Waals surface area contributed by atoms with Crippen molar-refractivity contribution in [3.05, 3.63) is 42.3 Å². The standard InChI is InChI=1S/C12H15/c1-2-6-11(7-3-1)10-12-8-4-5-9-12/h1-3,6-8,12H,4-5,9-10H2/q-1. The number of hydrogen-bond acceptors (Lipinski definition) is 0. The van der Waals surface area contributed by atoms with E-state index >= 15 is 0 Å². The highest BCUT2D eigenvalue weighted by Crippen LogP contribution is 2.26. The van der Waals surface area contributed by atoms with E-state index in [1.165, 1.54) is 31.2 Å². The average Bonchev–Trinajstić information content (AvgIpc) is 2.59. The van der Waals surface area contributed by atoms with Crippen LogP contribution in [0.3, 0.4) is 0 Å². The van der Waals surface area contributed by atoms with Gasteiger partial charge >= 0.3 is 0 Å². The second-order valence-electron chi connectivity index (χ2n) is 3.62. The van der Waals surface area contributed by atoms with Gasteiger partial charge in [-0.3, -0.25) is 0 Å². The third-order valence-electron chi connectivity index (χ3n) is 2.62. The van der Waals surface area contributed by atoms with Crippen molar-refractivity contribution in [2.75, 3.05) is 0 Å². The topological polar surface area (TPSA) is 0 Å². The molecular formula is C12H15-. The SMILES string of the molecule is c1ccc(CC2[CH-]CCC2)cc1. The van der Waals surface area contributed by atoms with Gasteiger partial charge in [0.2, 0.25) is 0 Å². The maximum atomic E-state index is 2.48. The molecular weight excluding hydrogens is 144 g/mol. The first-order valence-corrected chi connectivity index (χ1v) is 4.82. The maximum absolute atomic E-state index is 2.48. The van der Waals surface area contributed by atoms with Gasteiger partial charge in [0.25, 0.3) is 0 Å². The van der Waals surface area contributed by atoms with Crippen molar-refractivity contribution >= 4 is 0 Å². The highest BCUT2D eigenvalue weighted by atomic mass is 14.2. The van der Waals surface area contributed by atoms with Crippen LogP contribution in [0.1, 0.15) is 24.8 Å². The first kappa shape index (κ1) is 7.85. The summed E-state index contributed by atoms with van der Waals surface area (Å²) < 4.78 is 0. The molecule has 0 aromatic heterocycles. The van der Waals surface area contributed by atoms with Crippen molar-refractivity contribution in [3.8, 4) is 0 Å². The Hall–Kier alpha value is -0.780. The number of benzene rings is 1. The Bertz CT molecular complexity index is 219. The molecule has 0 heteroatoms. The summed E-state index contributed by atoms with van der Waals surface area (Å²) in [5.74, 6) is 0.854. The Balaban J connectivity index is 1.94. The summed E-state index contributed by atoms with van der Waals surface area (Å²) in [5, 5.41) is 0. The molecule has 0 nitrogen and oxygen atoms in total. The molecule has 0 spiro atoms. The van der Waals surface area contributed by atoms with E-state index in [4.69, 9.17) is 0 Å². The lowest BCUT2D eigenvalue weighted by Crippen LogP contribution is -1.98. The monoisotopic (exact) mass is 159 g/mol. The smallest absolute Gasteiger partial charge is 0.0503 e. The largest absolute Gasteiger partial charge is 0.325 e. The van der Waals surface area contributed by atoms with Gasteiger partial charge < -0.3 is 6.42 Å². The van der Waals surface area contributed by atoms with Gasteiger partial charge in [0.15, 0.2) is 0 Å². The van der Waals surface area contributed by atoms with Gasteiger partial charge in [-0.05, 0) is 0 Å². The molecule has 1 aromatic carbocycles. The van der Waals surface area contributed by atoms with Crippen molar-refractivity contribution in [1.29, 1.82) is 0 Å². The Morgan fingerprint density at radius 1 is 1.25 bits per heavy atom. The lowest BCUT2D eigenvalue weighted by atomic mass is 9.98. The second kappa shape index (κ2) is 3.75. The summed E-state index contributed by atoms with van der Waals surface area (Å²) in [6, 6.07) is 10.8. The van der Waals surface area contributed by atoms with Gasteiger partial charge in [0, 0.05) is 0 Å². The van der Waals surface area contributed by atoms with Crippen LogP contribution in [0.4, 0.5) is 0 Å². The molecule has 0 radical (unpaired) electrons. The fourth-order valence-electron chi connectivity index (χ4n) is 1.95. The molecule has 12 heavy (non-hydrogen) atoms. The molecule has 1 unspecified atom stereocenters. The van der Waals surface area contributed by atoms with E-state index in [-0.39, 0.29) is 0 Å². The van der Waals surface area contributed by atoms with Crippen LogP contribution in [0.15, 0.2) is 30.3 Å². The van der Waals surface area contributed by atoms with E-state index in [9.17, 15) is 0 Å². The van der Waals surface area contributed by atoms with Crippen molar-refractivity contribution in [2.45, 2.75) is 25.7 Å². The third kappa shape index (κ3) is 1.88. The average molecular weight is 159 g/mol. The zero-order valence-electron chi connectivity index (χ0n) is 7.37. The summed E-state index contributed by atoms with van der Waals surface area (Å²) in [4.78, 5) is 0. The van der Waals surface area contributed by atoms with E-state index in [2.05, 4.69) is 36.8 Å². The summed E-state index contributed by atoms with van der Waals surface area (Å²) in [7, 11) is 0. The molecule has 1 aliphatic rings. The summed E-state index contributed by atoms with van der Waals surface area (Å²) in [6.07, 6.45) is 7.86. The maximum Gasteiger partial charge on any atom is -0.0503 e. The summed E-state index contributed by atoms with van der Waals surface area (Å²) >= 11 is 0. The summed E-state index contributed by atoms with van der Waals surface area (Å²) in [5.41, 5.74) is 1.49. The van der Waals surface area contributed by atoms with Crippen LogP contribution < -0.4 is 0 Å². The number of hydrogen-bond donors (Lipinski definition) is 0.